The molecule has 1 rings (SSSR count). The summed E-state index contributed by atoms with van der Waals surface area (Å²) in [7, 11) is 2.06. The molecular formula is C10H19N. The number of nitrogens with one attached hydrogen (secondary N) is 1. The highest BCUT2D eigenvalue weighted by Gasteiger charge is 2.09. The van der Waals surface area contributed by atoms with Gasteiger partial charge in [-0.25, -0.2) is 0 Å². The monoisotopic (exact) mass is 153 g/mol. The Hall–Kier alpha value is -0.300. The summed E-state index contributed by atoms with van der Waals surface area (Å²) in [5.74, 6) is 0. The zero-order valence-corrected chi connectivity index (χ0v) is 7.69. The van der Waals surface area contributed by atoms with Crippen molar-refractivity contribution in [2.75, 3.05) is 7.05 Å². The van der Waals surface area contributed by atoms with E-state index < -0.39 is 0 Å². The third-order valence-corrected chi connectivity index (χ3v) is 2.54. The summed E-state index contributed by atoms with van der Waals surface area (Å²) < 4.78 is 0. The van der Waals surface area contributed by atoms with Crippen LogP contribution in [0.1, 0.15) is 39.0 Å². The highest BCUT2D eigenvalue weighted by molar-refractivity contribution is 5.08. The highest BCUT2D eigenvalue weighted by Crippen LogP contribution is 2.22. The third kappa shape index (κ3) is 2.66. The molecule has 0 fully saturated rings. The first-order valence-corrected chi connectivity index (χ1v) is 4.72. The minimum Gasteiger partial charge on any atom is -0.317 e. The van der Waals surface area contributed by atoms with E-state index in [-0.39, 0.29) is 0 Å². The molecule has 0 saturated heterocycles. The average molecular weight is 153 g/mol. The largest absolute Gasteiger partial charge is 0.317 e. The molecule has 0 aromatic rings. The molecule has 0 radical (unpaired) electrons. The molecule has 0 bridgehead atoms. The fraction of sp³-hybridized carbons (Fsp3) is 0.800. The molecule has 64 valence electrons. The van der Waals surface area contributed by atoms with Gasteiger partial charge in [-0.05, 0) is 39.2 Å². The fourth-order valence-electron chi connectivity index (χ4n) is 1.69. The predicted molar refractivity (Wildman–Crippen MR) is 49.7 cm³/mol. The van der Waals surface area contributed by atoms with E-state index in [9.17, 15) is 0 Å². The third-order valence-electron chi connectivity index (χ3n) is 2.54. The molecular weight excluding hydrogens is 134 g/mol. The van der Waals surface area contributed by atoms with Gasteiger partial charge in [0, 0.05) is 6.04 Å². The summed E-state index contributed by atoms with van der Waals surface area (Å²) in [4.78, 5) is 0. The Morgan fingerprint density at radius 2 is 2.45 bits per heavy atom. The Bertz CT molecular complexity index is 134. The van der Waals surface area contributed by atoms with Gasteiger partial charge in [0.05, 0.1) is 0 Å². The summed E-state index contributed by atoms with van der Waals surface area (Å²) in [6, 6.07) is 0.708. The summed E-state index contributed by atoms with van der Waals surface area (Å²) in [6.45, 7) is 2.25. The summed E-state index contributed by atoms with van der Waals surface area (Å²) in [6.07, 6.45) is 8.98. The van der Waals surface area contributed by atoms with Crippen LogP contribution < -0.4 is 5.32 Å². The zero-order chi connectivity index (χ0) is 8.10. The lowest BCUT2D eigenvalue weighted by Gasteiger charge is -2.13. The molecule has 0 spiro atoms. The van der Waals surface area contributed by atoms with Gasteiger partial charge >= 0.3 is 0 Å². The van der Waals surface area contributed by atoms with Crippen molar-refractivity contribution in [2.24, 2.45) is 0 Å². The lowest BCUT2D eigenvalue weighted by Crippen LogP contribution is -2.24. The molecule has 0 heterocycles. The van der Waals surface area contributed by atoms with Gasteiger partial charge in [-0.3, -0.25) is 0 Å². The molecule has 0 saturated carbocycles. The lowest BCUT2D eigenvalue weighted by molar-refractivity contribution is 0.536. The number of rotatable bonds is 4. The molecule has 1 nitrogen and oxygen atoms in total. The average Bonchev–Trinajstić information content (AvgIpc) is 2.52. The highest BCUT2D eigenvalue weighted by atomic mass is 14.9. The Balaban J connectivity index is 2.27. The Labute approximate surface area is 69.9 Å². The van der Waals surface area contributed by atoms with Crippen molar-refractivity contribution in [1.82, 2.24) is 5.32 Å². The standard InChI is InChI=1S/C10H19N/c1-3-10(11-2)8-9-6-4-5-7-9/h6,10-11H,3-5,7-8H2,1-2H3. The van der Waals surface area contributed by atoms with Crippen molar-refractivity contribution in [2.45, 2.75) is 45.1 Å². The first-order chi connectivity index (χ1) is 5.36. The Morgan fingerprint density at radius 3 is 2.91 bits per heavy atom. The number of hydrogen-bond acceptors (Lipinski definition) is 1. The van der Waals surface area contributed by atoms with Gasteiger partial charge in [0.2, 0.25) is 0 Å². The van der Waals surface area contributed by atoms with Crippen molar-refractivity contribution >= 4 is 0 Å². The van der Waals surface area contributed by atoms with E-state index in [1.807, 2.05) is 0 Å². The summed E-state index contributed by atoms with van der Waals surface area (Å²) >= 11 is 0. The summed E-state index contributed by atoms with van der Waals surface area (Å²) in [5, 5.41) is 3.34. The second kappa shape index (κ2) is 4.55. The maximum atomic E-state index is 3.34. The van der Waals surface area contributed by atoms with Crippen LogP contribution in [-0.4, -0.2) is 13.1 Å². The van der Waals surface area contributed by atoms with Crippen LogP contribution in [0.4, 0.5) is 0 Å². The molecule has 1 atom stereocenters. The molecule has 1 N–H and O–H groups in total. The van der Waals surface area contributed by atoms with Gasteiger partial charge in [0.1, 0.15) is 0 Å². The van der Waals surface area contributed by atoms with Crippen LogP contribution in [0.15, 0.2) is 11.6 Å². The van der Waals surface area contributed by atoms with Crippen LogP contribution in [0, 0.1) is 0 Å². The smallest absolute Gasteiger partial charge is 0.00986 e. The van der Waals surface area contributed by atoms with E-state index in [2.05, 4.69) is 25.4 Å². The Morgan fingerprint density at radius 1 is 1.64 bits per heavy atom. The lowest BCUT2D eigenvalue weighted by atomic mass is 10.0. The first-order valence-electron chi connectivity index (χ1n) is 4.72. The summed E-state index contributed by atoms with van der Waals surface area (Å²) in [5.41, 5.74) is 1.67. The van der Waals surface area contributed by atoms with Crippen LogP contribution >= 0.6 is 0 Å². The van der Waals surface area contributed by atoms with E-state index >= 15 is 0 Å². The number of allylic oxidation sites excluding steroid dienone is 1. The van der Waals surface area contributed by atoms with E-state index in [0.717, 1.165) is 0 Å². The van der Waals surface area contributed by atoms with Crippen LogP contribution in [0.3, 0.4) is 0 Å². The molecule has 0 aromatic carbocycles. The second-order valence-electron chi connectivity index (χ2n) is 3.35. The second-order valence-corrected chi connectivity index (χ2v) is 3.35. The zero-order valence-electron chi connectivity index (χ0n) is 7.69. The SMILES string of the molecule is CCC(CC1=CCCC1)NC. The molecule has 1 aliphatic rings. The molecule has 0 aliphatic heterocycles. The normalized spacial score (nSPS) is 20.0. The van der Waals surface area contributed by atoms with Gasteiger partial charge in [0.15, 0.2) is 0 Å². The first kappa shape index (κ1) is 8.79. The maximum absolute atomic E-state index is 3.34. The van der Waals surface area contributed by atoms with E-state index in [1.54, 1.807) is 5.57 Å². The Kier molecular flexibility index (Phi) is 3.64. The van der Waals surface area contributed by atoms with Crippen LogP contribution in [-0.2, 0) is 0 Å². The molecule has 1 heteroatoms. The van der Waals surface area contributed by atoms with Gasteiger partial charge in [-0.1, -0.05) is 18.6 Å². The van der Waals surface area contributed by atoms with Crippen molar-refractivity contribution < 1.29 is 0 Å². The van der Waals surface area contributed by atoms with Crippen molar-refractivity contribution in [3.05, 3.63) is 11.6 Å². The van der Waals surface area contributed by atoms with Gasteiger partial charge in [-0.2, -0.15) is 0 Å². The van der Waals surface area contributed by atoms with Gasteiger partial charge < -0.3 is 5.32 Å². The van der Waals surface area contributed by atoms with Gasteiger partial charge in [0.25, 0.3) is 0 Å². The molecule has 0 amide bonds. The van der Waals surface area contributed by atoms with E-state index in [0.29, 0.717) is 6.04 Å². The van der Waals surface area contributed by atoms with E-state index in [4.69, 9.17) is 0 Å². The molecule has 1 unspecified atom stereocenters. The quantitative estimate of drug-likeness (QED) is 0.612. The van der Waals surface area contributed by atoms with Crippen molar-refractivity contribution in [3.63, 3.8) is 0 Å². The van der Waals surface area contributed by atoms with Crippen molar-refractivity contribution in [1.29, 1.82) is 0 Å². The van der Waals surface area contributed by atoms with Crippen molar-refractivity contribution in [3.8, 4) is 0 Å². The minimum absolute atomic E-state index is 0.708. The topological polar surface area (TPSA) is 12.0 Å². The predicted octanol–water partition coefficient (Wildman–Crippen LogP) is 2.48. The van der Waals surface area contributed by atoms with E-state index in [1.165, 1.54) is 32.1 Å². The molecule has 0 aromatic heterocycles. The number of hydrogen-bond donors (Lipinski definition) is 1. The van der Waals surface area contributed by atoms with Gasteiger partial charge in [-0.15, -0.1) is 0 Å². The van der Waals surface area contributed by atoms with Crippen LogP contribution in [0.5, 0.6) is 0 Å². The maximum Gasteiger partial charge on any atom is 0.00986 e. The minimum atomic E-state index is 0.708. The fourth-order valence-corrected chi connectivity index (χ4v) is 1.69. The van der Waals surface area contributed by atoms with Crippen LogP contribution in [0.2, 0.25) is 0 Å². The van der Waals surface area contributed by atoms with Crippen LogP contribution in [0.25, 0.3) is 0 Å². The molecule has 1 aliphatic carbocycles. The molecule has 11 heavy (non-hydrogen) atoms.